The number of para-hydroxylation sites is 1. The molecule has 0 atom stereocenters. The fourth-order valence-electron chi connectivity index (χ4n) is 2.06. The molecular formula is C17H18Cl2N2O. The Bertz CT molecular complexity index is 624. The average Bonchev–Trinajstić information content (AvgIpc) is 2.49. The third-order valence-corrected chi connectivity index (χ3v) is 3.90. The summed E-state index contributed by atoms with van der Waals surface area (Å²) in [5.41, 5.74) is 1.51. The number of carbonyl (C=O) groups excluding carboxylic acids is 1. The van der Waals surface area contributed by atoms with Crippen LogP contribution in [0.15, 0.2) is 48.5 Å². The van der Waals surface area contributed by atoms with E-state index in [4.69, 9.17) is 23.2 Å². The van der Waals surface area contributed by atoms with E-state index in [1.165, 1.54) is 0 Å². The van der Waals surface area contributed by atoms with Gasteiger partial charge in [-0.1, -0.05) is 59.6 Å². The molecule has 116 valence electrons. The first kappa shape index (κ1) is 16.7. The third-order valence-electron chi connectivity index (χ3n) is 3.27. The Morgan fingerprint density at radius 2 is 1.64 bits per heavy atom. The molecule has 0 aromatic heterocycles. The van der Waals surface area contributed by atoms with Gasteiger partial charge in [-0.25, -0.2) is 4.79 Å². The van der Waals surface area contributed by atoms with E-state index in [1.54, 1.807) is 23.1 Å². The molecule has 2 aromatic rings. The highest BCUT2D eigenvalue weighted by atomic mass is 35.5. The zero-order valence-corrected chi connectivity index (χ0v) is 14.0. The zero-order valence-electron chi connectivity index (χ0n) is 12.5. The molecule has 22 heavy (non-hydrogen) atoms. The van der Waals surface area contributed by atoms with Gasteiger partial charge in [-0.05, 0) is 31.5 Å². The molecule has 0 bridgehead atoms. The molecule has 2 amide bonds. The Labute approximate surface area is 140 Å². The van der Waals surface area contributed by atoms with Gasteiger partial charge >= 0.3 is 6.03 Å². The van der Waals surface area contributed by atoms with Crippen molar-refractivity contribution in [3.63, 3.8) is 0 Å². The van der Waals surface area contributed by atoms with Crippen molar-refractivity contribution in [1.29, 1.82) is 0 Å². The number of rotatable bonds is 4. The second-order valence-electron chi connectivity index (χ2n) is 5.23. The number of hydrogen-bond donors (Lipinski definition) is 1. The first-order valence-electron chi connectivity index (χ1n) is 7.04. The minimum atomic E-state index is -0.228. The molecule has 0 heterocycles. The maximum atomic E-state index is 12.6. The summed E-state index contributed by atoms with van der Waals surface area (Å²) in [7, 11) is 0. The summed E-state index contributed by atoms with van der Waals surface area (Å²) in [5, 5.41) is 3.64. The van der Waals surface area contributed by atoms with Crippen LogP contribution >= 0.6 is 23.2 Å². The van der Waals surface area contributed by atoms with Crippen molar-refractivity contribution in [3.8, 4) is 0 Å². The summed E-state index contributed by atoms with van der Waals surface area (Å²) in [4.78, 5) is 14.3. The fourth-order valence-corrected chi connectivity index (χ4v) is 2.56. The summed E-state index contributed by atoms with van der Waals surface area (Å²) >= 11 is 12.2. The summed E-state index contributed by atoms with van der Waals surface area (Å²) in [6.45, 7) is 4.46. The van der Waals surface area contributed by atoms with Gasteiger partial charge in [0.05, 0.1) is 15.7 Å². The van der Waals surface area contributed by atoms with Crippen LogP contribution in [0.1, 0.15) is 19.4 Å². The highest BCUT2D eigenvalue weighted by Crippen LogP contribution is 2.30. The minimum absolute atomic E-state index is 0.0430. The molecule has 0 saturated carbocycles. The monoisotopic (exact) mass is 336 g/mol. The van der Waals surface area contributed by atoms with Gasteiger partial charge < -0.3 is 10.2 Å². The number of benzene rings is 2. The topological polar surface area (TPSA) is 32.3 Å². The molecular weight excluding hydrogens is 319 g/mol. The van der Waals surface area contributed by atoms with Crippen LogP contribution < -0.4 is 5.32 Å². The molecule has 0 radical (unpaired) electrons. The van der Waals surface area contributed by atoms with Crippen molar-refractivity contribution in [1.82, 2.24) is 4.90 Å². The summed E-state index contributed by atoms with van der Waals surface area (Å²) in [5.74, 6) is 0. The number of halogens is 2. The Balaban J connectivity index is 2.17. The Morgan fingerprint density at radius 1 is 1.05 bits per heavy atom. The first-order chi connectivity index (χ1) is 10.5. The minimum Gasteiger partial charge on any atom is -0.318 e. The van der Waals surface area contributed by atoms with E-state index in [2.05, 4.69) is 5.32 Å². The van der Waals surface area contributed by atoms with E-state index in [1.807, 2.05) is 44.2 Å². The van der Waals surface area contributed by atoms with Crippen LogP contribution in [0.3, 0.4) is 0 Å². The summed E-state index contributed by atoms with van der Waals surface area (Å²) < 4.78 is 0. The van der Waals surface area contributed by atoms with Gasteiger partial charge in [0, 0.05) is 12.6 Å². The standard InChI is InChI=1S/C17H18Cl2N2O/c1-12(2)21(11-13-7-4-3-5-8-13)17(22)20-16-14(18)9-6-10-15(16)19/h3-10,12H,11H2,1-2H3,(H,20,22). The van der Waals surface area contributed by atoms with Crippen LogP contribution in [0.4, 0.5) is 10.5 Å². The van der Waals surface area contributed by atoms with Crippen LogP contribution in [0.2, 0.25) is 10.0 Å². The zero-order chi connectivity index (χ0) is 16.1. The molecule has 2 rings (SSSR count). The molecule has 0 unspecified atom stereocenters. The summed E-state index contributed by atoms with van der Waals surface area (Å²) in [6.07, 6.45) is 0. The molecule has 3 nitrogen and oxygen atoms in total. The Morgan fingerprint density at radius 3 is 2.18 bits per heavy atom. The van der Waals surface area contributed by atoms with Crippen LogP contribution in [0, 0.1) is 0 Å². The van der Waals surface area contributed by atoms with E-state index in [0.29, 0.717) is 22.3 Å². The van der Waals surface area contributed by atoms with Crippen molar-refractivity contribution in [2.24, 2.45) is 0 Å². The molecule has 2 aromatic carbocycles. The summed E-state index contributed by atoms with van der Waals surface area (Å²) in [6, 6.07) is 14.8. The second-order valence-corrected chi connectivity index (χ2v) is 6.05. The maximum absolute atomic E-state index is 12.6. The predicted molar refractivity (Wildman–Crippen MR) is 92.6 cm³/mol. The molecule has 0 saturated heterocycles. The van der Waals surface area contributed by atoms with Crippen LogP contribution in [-0.2, 0) is 6.54 Å². The fraction of sp³-hybridized carbons (Fsp3) is 0.235. The van der Waals surface area contributed by atoms with Crippen molar-refractivity contribution < 1.29 is 4.79 Å². The Kier molecular flexibility index (Phi) is 5.69. The Hall–Kier alpha value is -1.71. The van der Waals surface area contributed by atoms with E-state index in [0.717, 1.165) is 5.56 Å². The van der Waals surface area contributed by atoms with E-state index >= 15 is 0 Å². The lowest BCUT2D eigenvalue weighted by atomic mass is 10.2. The molecule has 0 fully saturated rings. The largest absolute Gasteiger partial charge is 0.322 e. The van der Waals surface area contributed by atoms with E-state index < -0.39 is 0 Å². The van der Waals surface area contributed by atoms with Gasteiger partial charge in [-0.2, -0.15) is 0 Å². The molecule has 0 aliphatic rings. The van der Waals surface area contributed by atoms with Crippen molar-refractivity contribution in [2.75, 3.05) is 5.32 Å². The smallest absolute Gasteiger partial charge is 0.318 e. The van der Waals surface area contributed by atoms with Crippen LogP contribution in [-0.4, -0.2) is 17.0 Å². The quantitative estimate of drug-likeness (QED) is 0.792. The first-order valence-corrected chi connectivity index (χ1v) is 7.80. The third kappa shape index (κ3) is 4.15. The number of carbonyl (C=O) groups is 1. The number of nitrogens with zero attached hydrogens (tertiary/aromatic N) is 1. The number of amides is 2. The lowest BCUT2D eigenvalue weighted by molar-refractivity contribution is 0.193. The highest BCUT2D eigenvalue weighted by Gasteiger charge is 2.19. The van der Waals surface area contributed by atoms with Crippen LogP contribution in [0.25, 0.3) is 0 Å². The van der Waals surface area contributed by atoms with Crippen molar-refractivity contribution in [2.45, 2.75) is 26.4 Å². The molecule has 0 aliphatic heterocycles. The molecule has 0 aliphatic carbocycles. The number of anilines is 1. The number of urea groups is 1. The van der Waals surface area contributed by atoms with Crippen LogP contribution in [0.5, 0.6) is 0 Å². The second kappa shape index (κ2) is 7.52. The van der Waals surface area contributed by atoms with E-state index in [9.17, 15) is 4.79 Å². The maximum Gasteiger partial charge on any atom is 0.322 e. The van der Waals surface area contributed by atoms with Gasteiger partial charge in [0.15, 0.2) is 0 Å². The SMILES string of the molecule is CC(C)N(Cc1ccccc1)C(=O)Nc1c(Cl)cccc1Cl. The van der Waals surface area contributed by atoms with Gasteiger partial charge in [-0.3, -0.25) is 0 Å². The van der Waals surface area contributed by atoms with Crippen molar-refractivity contribution in [3.05, 3.63) is 64.1 Å². The normalized spacial score (nSPS) is 10.6. The van der Waals surface area contributed by atoms with Gasteiger partial charge in [0.1, 0.15) is 0 Å². The molecule has 1 N–H and O–H groups in total. The lowest BCUT2D eigenvalue weighted by Crippen LogP contribution is -2.39. The van der Waals surface area contributed by atoms with Gasteiger partial charge in [-0.15, -0.1) is 0 Å². The average molecular weight is 337 g/mol. The number of hydrogen-bond acceptors (Lipinski definition) is 1. The lowest BCUT2D eigenvalue weighted by Gasteiger charge is -2.27. The van der Waals surface area contributed by atoms with E-state index in [-0.39, 0.29) is 12.1 Å². The predicted octanol–water partition coefficient (Wildman–Crippen LogP) is 5.44. The molecule has 5 heteroatoms. The van der Waals surface area contributed by atoms with Gasteiger partial charge in [0.2, 0.25) is 0 Å². The number of nitrogens with one attached hydrogen (secondary N) is 1. The van der Waals surface area contributed by atoms with Gasteiger partial charge in [0.25, 0.3) is 0 Å². The van der Waals surface area contributed by atoms with Crippen molar-refractivity contribution >= 4 is 34.9 Å². The molecule has 0 spiro atoms. The highest BCUT2D eigenvalue weighted by molar-refractivity contribution is 6.39.